The van der Waals surface area contributed by atoms with Crippen molar-refractivity contribution in [3.63, 3.8) is 0 Å². The number of carbonyl (C=O) groups excluding carboxylic acids is 1. The summed E-state index contributed by atoms with van der Waals surface area (Å²) in [6.07, 6.45) is 2.99. The van der Waals surface area contributed by atoms with E-state index in [1.54, 1.807) is 26.8 Å². The van der Waals surface area contributed by atoms with Gasteiger partial charge in [-0.25, -0.2) is 0 Å². The molecule has 156 valence electrons. The molecule has 0 bridgehead atoms. The molecule has 2 aliphatic carbocycles. The van der Waals surface area contributed by atoms with Crippen LogP contribution in [0.4, 0.5) is 0 Å². The van der Waals surface area contributed by atoms with Gasteiger partial charge in [-0.1, -0.05) is 30.7 Å². The monoisotopic (exact) mass is 392 g/mol. The van der Waals surface area contributed by atoms with Crippen LogP contribution in [0.3, 0.4) is 0 Å². The van der Waals surface area contributed by atoms with Crippen molar-refractivity contribution >= 4 is 5.97 Å². The van der Waals surface area contributed by atoms with Gasteiger partial charge in [0, 0.05) is 24.1 Å². The lowest BCUT2D eigenvalue weighted by Gasteiger charge is -2.19. The summed E-state index contributed by atoms with van der Waals surface area (Å²) < 4.78 is 36.5. The molecule has 0 spiro atoms. The van der Waals surface area contributed by atoms with Crippen molar-refractivity contribution in [3.05, 3.63) is 23.8 Å². The average Bonchev–Trinajstić information content (AvgIpc) is 3.21. The minimum Gasteiger partial charge on any atom is -0.466 e. The van der Waals surface area contributed by atoms with Crippen molar-refractivity contribution in [1.29, 1.82) is 0 Å². The van der Waals surface area contributed by atoms with Crippen LogP contribution in [0.25, 0.3) is 0 Å². The number of ether oxygens (including phenoxy) is 1. The van der Waals surface area contributed by atoms with E-state index < -0.39 is 36.8 Å². The third-order valence-electron chi connectivity index (χ3n) is 5.70. The zero-order chi connectivity index (χ0) is 24.1. The molecule has 2 aliphatic rings. The van der Waals surface area contributed by atoms with E-state index in [0.29, 0.717) is 18.8 Å². The Morgan fingerprint density at radius 2 is 2.25 bits per heavy atom. The number of hydrogen-bond acceptors (Lipinski definition) is 4. The molecular weight excluding hydrogens is 352 g/mol. The van der Waals surface area contributed by atoms with Crippen molar-refractivity contribution in [1.82, 2.24) is 0 Å². The lowest BCUT2D eigenvalue weighted by atomic mass is 9.89. The minimum atomic E-state index is -2.00. The van der Waals surface area contributed by atoms with Crippen molar-refractivity contribution in [3.8, 4) is 11.8 Å². The fourth-order valence-electron chi connectivity index (χ4n) is 4.25. The highest BCUT2D eigenvalue weighted by atomic mass is 16.5. The van der Waals surface area contributed by atoms with Crippen LogP contribution in [-0.2, 0) is 9.53 Å². The van der Waals surface area contributed by atoms with E-state index in [2.05, 4.69) is 11.8 Å². The number of aliphatic hydroxyl groups is 2. The summed E-state index contributed by atoms with van der Waals surface area (Å²) >= 11 is 0. The number of allylic oxidation sites excluding steroid dienone is 2. The Balaban J connectivity index is 1.97. The fraction of sp³-hybridized carbons (Fsp3) is 0.708. The molecule has 0 saturated heterocycles. The molecule has 0 amide bonds. The first-order valence-corrected chi connectivity index (χ1v) is 10.3. The molecular formula is C24H36O4. The van der Waals surface area contributed by atoms with Crippen LogP contribution in [0.5, 0.6) is 0 Å². The first kappa shape index (κ1) is 17.3. The standard InChI is InChI=1S/C24H36O4/c1-4-6-9-17(3)22(25)13-12-20-21-15-18(14-19(21)16-23(20)26)10-7-8-11-24(27)28-5-2/h10,12-13,17,19-23,25-26H,5,7-9,11,14-16H2,1-3H3/b13-12+,18-10+/t17?,19-,20+,21-,22+,23+/m0/s1/i9D2,11D2. The second-order valence-electron chi connectivity index (χ2n) is 7.69. The van der Waals surface area contributed by atoms with Crippen molar-refractivity contribution in [2.24, 2.45) is 23.7 Å². The molecule has 1 unspecified atom stereocenters. The van der Waals surface area contributed by atoms with Crippen LogP contribution in [0.2, 0.25) is 0 Å². The van der Waals surface area contributed by atoms with Gasteiger partial charge in [0.1, 0.15) is 0 Å². The van der Waals surface area contributed by atoms with Gasteiger partial charge < -0.3 is 14.9 Å². The molecule has 6 atom stereocenters. The molecule has 2 saturated carbocycles. The molecule has 0 aromatic carbocycles. The van der Waals surface area contributed by atoms with Gasteiger partial charge in [-0.05, 0) is 63.7 Å². The number of aliphatic hydroxyl groups excluding tert-OH is 2. The van der Waals surface area contributed by atoms with E-state index >= 15 is 0 Å². The van der Waals surface area contributed by atoms with E-state index in [4.69, 9.17) is 10.2 Å². The molecule has 28 heavy (non-hydrogen) atoms. The highest BCUT2D eigenvalue weighted by Crippen LogP contribution is 2.50. The summed E-state index contributed by atoms with van der Waals surface area (Å²) in [4.78, 5) is 11.7. The lowest BCUT2D eigenvalue weighted by Crippen LogP contribution is -2.19. The molecule has 2 rings (SSSR count). The van der Waals surface area contributed by atoms with Crippen molar-refractivity contribution in [2.75, 3.05) is 6.61 Å². The molecule has 2 N–H and O–H groups in total. The molecule has 0 aliphatic heterocycles. The second-order valence-corrected chi connectivity index (χ2v) is 7.69. The van der Waals surface area contributed by atoms with Gasteiger partial charge in [-0.15, -0.1) is 11.8 Å². The van der Waals surface area contributed by atoms with Crippen LogP contribution < -0.4 is 0 Å². The Hall–Kier alpha value is -1.57. The maximum absolute atomic E-state index is 11.7. The SMILES string of the molecule is [2H]C([2H])(CC/C=C1\C[C@H]2C[C@@H](O)[C@H](/C=C/[C@@H](O)C(C)C([2H])([2H])C#CC)[C@H]2C1)C(=O)OCC. The van der Waals surface area contributed by atoms with E-state index in [-0.39, 0.29) is 24.9 Å². The Bertz CT molecular complexity index is 781. The highest BCUT2D eigenvalue weighted by Gasteiger charge is 2.44. The molecule has 4 heteroatoms. The van der Waals surface area contributed by atoms with Crippen LogP contribution in [-0.4, -0.2) is 35.0 Å². The molecule has 0 radical (unpaired) electrons. The molecule has 4 nitrogen and oxygen atoms in total. The van der Waals surface area contributed by atoms with Crippen LogP contribution >= 0.6 is 0 Å². The van der Waals surface area contributed by atoms with Gasteiger partial charge in [0.25, 0.3) is 0 Å². The van der Waals surface area contributed by atoms with Gasteiger partial charge in [-0.2, -0.15) is 0 Å². The number of fused-ring (bicyclic) bond motifs is 1. The largest absolute Gasteiger partial charge is 0.466 e. The van der Waals surface area contributed by atoms with Crippen LogP contribution in [0.1, 0.15) is 71.1 Å². The van der Waals surface area contributed by atoms with Gasteiger partial charge in [0.05, 0.1) is 18.8 Å². The predicted molar refractivity (Wildman–Crippen MR) is 111 cm³/mol. The van der Waals surface area contributed by atoms with E-state index in [1.165, 1.54) is 5.57 Å². The molecule has 2 fully saturated rings. The Labute approximate surface area is 175 Å². The van der Waals surface area contributed by atoms with Gasteiger partial charge in [0.2, 0.25) is 0 Å². The summed E-state index contributed by atoms with van der Waals surface area (Å²) in [7, 11) is 0. The maximum atomic E-state index is 11.7. The summed E-state index contributed by atoms with van der Waals surface area (Å²) in [5.74, 6) is 4.01. The first-order valence-electron chi connectivity index (χ1n) is 12.3. The molecule has 0 aromatic heterocycles. The second kappa shape index (κ2) is 11.4. The Morgan fingerprint density at radius 1 is 1.46 bits per heavy atom. The molecule has 0 heterocycles. The zero-order valence-corrected chi connectivity index (χ0v) is 17.1. The van der Waals surface area contributed by atoms with Gasteiger partial charge >= 0.3 is 5.97 Å². The smallest absolute Gasteiger partial charge is 0.305 e. The lowest BCUT2D eigenvalue weighted by molar-refractivity contribution is -0.143. The number of carbonyl (C=O) groups is 1. The maximum Gasteiger partial charge on any atom is 0.305 e. The normalized spacial score (nSPS) is 33.2. The van der Waals surface area contributed by atoms with Gasteiger partial charge in [0.15, 0.2) is 0 Å². The fourth-order valence-corrected chi connectivity index (χ4v) is 4.25. The van der Waals surface area contributed by atoms with E-state index in [1.807, 2.05) is 12.2 Å². The zero-order valence-electron chi connectivity index (χ0n) is 21.1. The average molecular weight is 393 g/mol. The number of esters is 1. The summed E-state index contributed by atoms with van der Waals surface area (Å²) in [5.41, 5.74) is 1.22. The molecule has 0 aromatic rings. The Kier molecular flexibility index (Phi) is 7.07. The van der Waals surface area contributed by atoms with Crippen LogP contribution in [0.15, 0.2) is 23.8 Å². The Morgan fingerprint density at radius 3 is 2.96 bits per heavy atom. The first-order chi connectivity index (χ1) is 14.9. The summed E-state index contributed by atoms with van der Waals surface area (Å²) in [6.45, 7) is 5.00. The quantitative estimate of drug-likeness (QED) is 0.353. The number of rotatable bonds is 9. The minimum absolute atomic E-state index is 0.0728. The van der Waals surface area contributed by atoms with E-state index in [0.717, 1.165) is 12.8 Å². The van der Waals surface area contributed by atoms with Crippen molar-refractivity contribution in [2.45, 2.75) is 77.8 Å². The number of hydrogen-bond donors (Lipinski definition) is 2. The highest BCUT2D eigenvalue weighted by molar-refractivity contribution is 5.69. The van der Waals surface area contributed by atoms with Gasteiger partial charge in [-0.3, -0.25) is 4.79 Å². The topological polar surface area (TPSA) is 66.8 Å². The summed E-state index contributed by atoms with van der Waals surface area (Å²) in [6, 6.07) is 0. The van der Waals surface area contributed by atoms with Crippen LogP contribution in [0, 0.1) is 35.5 Å². The third kappa shape index (κ3) is 6.50. The van der Waals surface area contributed by atoms with E-state index in [9.17, 15) is 15.0 Å². The third-order valence-corrected chi connectivity index (χ3v) is 5.70. The summed E-state index contributed by atoms with van der Waals surface area (Å²) in [5, 5.41) is 21.0. The predicted octanol–water partition coefficient (Wildman–Crippen LogP) is 4.02. The van der Waals surface area contributed by atoms with Crippen molar-refractivity contribution < 1.29 is 25.2 Å².